The fourth-order valence-corrected chi connectivity index (χ4v) is 1.96. The van der Waals surface area contributed by atoms with Gasteiger partial charge in [-0.05, 0) is 26.3 Å². The van der Waals surface area contributed by atoms with Crippen LogP contribution in [0.5, 0.6) is 0 Å². The molecule has 0 saturated heterocycles. The van der Waals surface area contributed by atoms with Gasteiger partial charge >= 0.3 is 0 Å². The lowest BCUT2D eigenvalue weighted by Crippen LogP contribution is -2.09. The van der Waals surface area contributed by atoms with Gasteiger partial charge in [-0.25, -0.2) is 0 Å². The standard InChI is InChI=1S/C12H19N5.ClH/c1-5-17-11(9(2)6-14-17)7-13-12-10(3)8-16(4)15-12;/h6,8H,5,7H2,1-4H3,(H,13,15);1H. The number of rotatable bonds is 4. The Hall–Kier alpha value is -1.49. The van der Waals surface area contributed by atoms with E-state index >= 15 is 0 Å². The van der Waals surface area contributed by atoms with E-state index in [0.717, 1.165) is 24.5 Å². The van der Waals surface area contributed by atoms with Gasteiger partial charge in [0.05, 0.1) is 18.4 Å². The Balaban J connectivity index is 0.00000162. The molecule has 1 N–H and O–H groups in total. The molecular formula is C12H20ClN5. The highest BCUT2D eigenvalue weighted by molar-refractivity contribution is 5.85. The van der Waals surface area contributed by atoms with Gasteiger partial charge in [0.15, 0.2) is 5.82 Å². The monoisotopic (exact) mass is 269 g/mol. The van der Waals surface area contributed by atoms with Crippen LogP contribution in [0.3, 0.4) is 0 Å². The molecule has 2 rings (SSSR count). The van der Waals surface area contributed by atoms with Crippen LogP contribution in [-0.4, -0.2) is 19.6 Å². The van der Waals surface area contributed by atoms with Gasteiger partial charge in [0, 0.05) is 25.4 Å². The van der Waals surface area contributed by atoms with E-state index in [1.54, 1.807) is 0 Å². The molecule has 0 amide bonds. The first-order chi connectivity index (χ1) is 8.11. The fraction of sp³-hybridized carbons (Fsp3) is 0.500. The zero-order chi connectivity index (χ0) is 12.4. The number of anilines is 1. The van der Waals surface area contributed by atoms with Gasteiger partial charge in [-0.2, -0.15) is 10.2 Å². The summed E-state index contributed by atoms with van der Waals surface area (Å²) in [5, 5.41) is 12.1. The van der Waals surface area contributed by atoms with E-state index in [2.05, 4.69) is 36.3 Å². The molecule has 0 bridgehead atoms. The lowest BCUT2D eigenvalue weighted by molar-refractivity contribution is 0.626. The summed E-state index contributed by atoms with van der Waals surface area (Å²) < 4.78 is 3.84. The lowest BCUT2D eigenvalue weighted by atomic mass is 10.2. The van der Waals surface area contributed by atoms with E-state index in [0.29, 0.717) is 0 Å². The smallest absolute Gasteiger partial charge is 0.151 e. The largest absolute Gasteiger partial charge is 0.363 e. The second-order valence-corrected chi connectivity index (χ2v) is 4.28. The number of hydrogen-bond acceptors (Lipinski definition) is 3. The number of halogens is 1. The number of hydrogen-bond donors (Lipinski definition) is 1. The maximum atomic E-state index is 4.37. The molecule has 0 aliphatic heterocycles. The molecule has 2 aromatic rings. The minimum absolute atomic E-state index is 0. The second kappa shape index (κ2) is 5.91. The second-order valence-electron chi connectivity index (χ2n) is 4.28. The molecule has 0 radical (unpaired) electrons. The minimum Gasteiger partial charge on any atom is -0.363 e. The van der Waals surface area contributed by atoms with Crippen LogP contribution >= 0.6 is 12.4 Å². The SMILES string of the molecule is CCn1ncc(C)c1CNc1nn(C)cc1C.Cl. The summed E-state index contributed by atoms with van der Waals surface area (Å²) in [5.41, 5.74) is 3.60. The third kappa shape index (κ3) is 2.85. The summed E-state index contributed by atoms with van der Waals surface area (Å²) in [7, 11) is 1.93. The highest BCUT2D eigenvalue weighted by atomic mass is 35.5. The average Bonchev–Trinajstić information content (AvgIpc) is 2.79. The number of nitrogens with zero attached hydrogens (tertiary/aromatic N) is 4. The van der Waals surface area contributed by atoms with E-state index in [1.807, 2.05) is 28.8 Å². The molecule has 6 heteroatoms. The van der Waals surface area contributed by atoms with Crippen LogP contribution in [0.2, 0.25) is 0 Å². The van der Waals surface area contributed by atoms with Crippen molar-refractivity contribution in [3.63, 3.8) is 0 Å². The molecule has 0 spiro atoms. The van der Waals surface area contributed by atoms with Crippen LogP contribution in [0, 0.1) is 13.8 Å². The van der Waals surface area contributed by atoms with Crippen molar-refractivity contribution in [2.75, 3.05) is 5.32 Å². The number of nitrogens with one attached hydrogen (secondary N) is 1. The van der Waals surface area contributed by atoms with Crippen molar-refractivity contribution in [2.24, 2.45) is 7.05 Å². The number of aromatic nitrogens is 4. The quantitative estimate of drug-likeness (QED) is 0.926. The zero-order valence-electron chi connectivity index (χ0n) is 11.3. The van der Waals surface area contributed by atoms with Gasteiger partial charge in [-0.15, -0.1) is 12.4 Å². The Labute approximate surface area is 114 Å². The van der Waals surface area contributed by atoms with Crippen molar-refractivity contribution < 1.29 is 0 Å². The predicted molar refractivity (Wildman–Crippen MR) is 75.2 cm³/mol. The highest BCUT2D eigenvalue weighted by Gasteiger charge is 2.08. The first-order valence-corrected chi connectivity index (χ1v) is 5.87. The summed E-state index contributed by atoms with van der Waals surface area (Å²) >= 11 is 0. The summed E-state index contributed by atoms with van der Waals surface area (Å²) in [6.45, 7) is 7.90. The van der Waals surface area contributed by atoms with Crippen molar-refractivity contribution in [1.29, 1.82) is 0 Å². The van der Waals surface area contributed by atoms with E-state index in [-0.39, 0.29) is 12.4 Å². The molecule has 0 unspecified atom stereocenters. The Kier molecular flexibility index (Phi) is 4.78. The first-order valence-electron chi connectivity index (χ1n) is 5.87. The summed E-state index contributed by atoms with van der Waals surface area (Å²) in [6, 6.07) is 0. The van der Waals surface area contributed by atoms with Crippen molar-refractivity contribution in [3.05, 3.63) is 29.2 Å². The van der Waals surface area contributed by atoms with Crippen LogP contribution in [0.25, 0.3) is 0 Å². The van der Waals surface area contributed by atoms with E-state index in [9.17, 15) is 0 Å². The molecule has 2 aromatic heterocycles. The van der Waals surface area contributed by atoms with Gasteiger partial charge in [-0.3, -0.25) is 9.36 Å². The molecule has 0 saturated carbocycles. The first kappa shape index (κ1) is 14.6. The Morgan fingerprint density at radius 2 is 2.00 bits per heavy atom. The minimum atomic E-state index is 0. The summed E-state index contributed by atoms with van der Waals surface area (Å²) in [4.78, 5) is 0. The maximum Gasteiger partial charge on any atom is 0.151 e. The molecule has 0 atom stereocenters. The average molecular weight is 270 g/mol. The van der Waals surface area contributed by atoms with Crippen molar-refractivity contribution in [3.8, 4) is 0 Å². The molecule has 0 aromatic carbocycles. The van der Waals surface area contributed by atoms with Crippen molar-refractivity contribution in [2.45, 2.75) is 33.9 Å². The molecule has 2 heterocycles. The van der Waals surface area contributed by atoms with Crippen LogP contribution in [0.4, 0.5) is 5.82 Å². The van der Waals surface area contributed by atoms with E-state index in [1.165, 1.54) is 11.3 Å². The molecule has 100 valence electrons. The normalized spacial score (nSPS) is 10.2. The predicted octanol–water partition coefficient (Wildman–Crippen LogP) is 2.29. The van der Waals surface area contributed by atoms with E-state index < -0.39 is 0 Å². The van der Waals surface area contributed by atoms with Crippen LogP contribution in [-0.2, 0) is 20.1 Å². The zero-order valence-corrected chi connectivity index (χ0v) is 12.1. The van der Waals surface area contributed by atoms with E-state index in [4.69, 9.17) is 0 Å². The molecule has 0 aliphatic rings. The van der Waals surface area contributed by atoms with Gasteiger partial charge < -0.3 is 5.32 Å². The maximum absolute atomic E-state index is 4.37. The topological polar surface area (TPSA) is 47.7 Å². The van der Waals surface area contributed by atoms with Gasteiger partial charge in [0.1, 0.15) is 0 Å². The molecular weight excluding hydrogens is 250 g/mol. The Morgan fingerprint density at radius 1 is 1.28 bits per heavy atom. The van der Waals surface area contributed by atoms with Crippen LogP contribution < -0.4 is 5.32 Å². The third-order valence-corrected chi connectivity index (χ3v) is 2.89. The van der Waals surface area contributed by atoms with Gasteiger partial charge in [0.2, 0.25) is 0 Å². The Morgan fingerprint density at radius 3 is 2.56 bits per heavy atom. The van der Waals surface area contributed by atoms with Gasteiger partial charge in [0.25, 0.3) is 0 Å². The molecule has 5 nitrogen and oxygen atoms in total. The molecule has 18 heavy (non-hydrogen) atoms. The van der Waals surface area contributed by atoms with Gasteiger partial charge in [-0.1, -0.05) is 0 Å². The van der Waals surface area contributed by atoms with Crippen LogP contribution in [0.1, 0.15) is 23.7 Å². The molecule has 0 aliphatic carbocycles. The molecule has 0 fully saturated rings. The highest BCUT2D eigenvalue weighted by Crippen LogP contribution is 2.14. The third-order valence-electron chi connectivity index (χ3n) is 2.89. The van der Waals surface area contributed by atoms with Crippen molar-refractivity contribution >= 4 is 18.2 Å². The number of aryl methyl sites for hydroxylation is 4. The lowest BCUT2D eigenvalue weighted by Gasteiger charge is -2.08. The summed E-state index contributed by atoms with van der Waals surface area (Å²) in [5.74, 6) is 0.941. The van der Waals surface area contributed by atoms with Crippen LogP contribution in [0.15, 0.2) is 12.4 Å². The fourth-order valence-electron chi connectivity index (χ4n) is 1.96. The van der Waals surface area contributed by atoms with Crippen molar-refractivity contribution in [1.82, 2.24) is 19.6 Å². The summed E-state index contributed by atoms with van der Waals surface area (Å²) in [6.07, 6.45) is 3.91. The Bertz CT molecular complexity index is 515.